The second-order valence-electron chi connectivity index (χ2n) is 9.44. The molecule has 204 valence electrons. The minimum Gasteiger partial charge on any atom is -0.491 e. The number of unbranched alkanes of at least 4 members (excludes halogenated alkanes) is 2. The van der Waals surface area contributed by atoms with E-state index >= 15 is 0 Å². The van der Waals surface area contributed by atoms with Crippen LogP contribution >= 0.6 is 0 Å². The molecule has 0 amide bonds. The van der Waals surface area contributed by atoms with Crippen LogP contribution in [0.4, 0.5) is 18.9 Å². The number of anilines is 1. The predicted molar refractivity (Wildman–Crippen MR) is 151 cm³/mol. The Bertz CT molecular complexity index is 1260. The zero-order valence-corrected chi connectivity index (χ0v) is 21.9. The van der Waals surface area contributed by atoms with Crippen LogP contribution < -0.4 is 14.8 Å². The molecule has 1 N–H and O–H groups in total. The maximum atomic E-state index is 12.5. The minimum atomic E-state index is -4.71. The third-order valence-corrected chi connectivity index (χ3v) is 6.41. The highest BCUT2D eigenvalue weighted by atomic mass is 19.4. The number of hydrogen-bond donors (Lipinski definition) is 1. The summed E-state index contributed by atoms with van der Waals surface area (Å²) in [6.45, 7) is 1.40. The Morgan fingerprint density at radius 3 is 1.82 bits per heavy atom. The molecule has 0 atom stereocenters. The van der Waals surface area contributed by atoms with E-state index in [1.807, 2.05) is 30.3 Å². The van der Waals surface area contributed by atoms with E-state index in [-0.39, 0.29) is 5.75 Å². The van der Waals surface area contributed by atoms with Gasteiger partial charge in [0.05, 0.1) is 12.3 Å². The van der Waals surface area contributed by atoms with Crippen LogP contribution in [0.5, 0.6) is 11.5 Å². The molecule has 0 saturated carbocycles. The highest BCUT2D eigenvalue weighted by molar-refractivity contribution is 5.72. The van der Waals surface area contributed by atoms with Crippen molar-refractivity contribution in [2.24, 2.45) is 0 Å². The van der Waals surface area contributed by atoms with E-state index in [1.54, 1.807) is 12.1 Å². The monoisotopic (exact) mass is 533 g/mol. The van der Waals surface area contributed by atoms with Gasteiger partial charge in [-0.05, 0) is 85.0 Å². The molecule has 0 aliphatic rings. The average molecular weight is 534 g/mol. The number of rotatable bonds is 14. The first-order valence-corrected chi connectivity index (χ1v) is 13.4. The van der Waals surface area contributed by atoms with Crippen LogP contribution in [0.15, 0.2) is 103 Å². The molecule has 0 aliphatic heterocycles. The first-order valence-electron chi connectivity index (χ1n) is 13.4. The molecule has 39 heavy (non-hydrogen) atoms. The van der Waals surface area contributed by atoms with Gasteiger partial charge in [-0.25, -0.2) is 0 Å². The van der Waals surface area contributed by atoms with E-state index in [9.17, 15) is 13.2 Å². The van der Waals surface area contributed by atoms with Gasteiger partial charge in [0.25, 0.3) is 0 Å². The Hall–Kier alpha value is -3.93. The summed E-state index contributed by atoms with van der Waals surface area (Å²) in [5.74, 6) is 0.539. The molecule has 0 bridgehead atoms. The molecule has 0 unspecified atom stereocenters. The molecule has 3 nitrogen and oxygen atoms in total. The number of alkyl halides is 3. The van der Waals surface area contributed by atoms with Gasteiger partial charge in [0, 0.05) is 6.54 Å². The number of nitrogens with one attached hydrogen (secondary N) is 1. The molecule has 0 spiro atoms. The van der Waals surface area contributed by atoms with Crippen molar-refractivity contribution in [2.45, 2.75) is 44.9 Å². The first kappa shape index (κ1) is 28.1. The van der Waals surface area contributed by atoms with Gasteiger partial charge in [0.2, 0.25) is 0 Å². The molecule has 4 aromatic rings. The van der Waals surface area contributed by atoms with Crippen LogP contribution in [0.25, 0.3) is 11.1 Å². The Labute approximate surface area is 228 Å². The highest BCUT2D eigenvalue weighted by Gasteiger charge is 2.31. The van der Waals surface area contributed by atoms with Gasteiger partial charge in [-0.3, -0.25) is 0 Å². The first-order chi connectivity index (χ1) is 19.0. The van der Waals surface area contributed by atoms with Crippen molar-refractivity contribution in [1.82, 2.24) is 0 Å². The Kier molecular flexibility index (Phi) is 10.3. The fourth-order valence-corrected chi connectivity index (χ4v) is 4.40. The highest BCUT2D eigenvalue weighted by Crippen LogP contribution is 2.33. The summed E-state index contributed by atoms with van der Waals surface area (Å²) >= 11 is 0. The van der Waals surface area contributed by atoms with Crippen LogP contribution in [-0.2, 0) is 12.8 Å². The van der Waals surface area contributed by atoms with Crippen LogP contribution in [0, 0.1) is 0 Å². The third-order valence-electron chi connectivity index (χ3n) is 6.41. The van der Waals surface area contributed by atoms with Crippen LogP contribution in [-0.4, -0.2) is 19.5 Å². The van der Waals surface area contributed by atoms with Crippen molar-refractivity contribution >= 4 is 5.69 Å². The number of ether oxygens (including phenoxy) is 2. The van der Waals surface area contributed by atoms with Crippen molar-refractivity contribution in [3.05, 3.63) is 114 Å². The fraction of sp³-hybridized carbons (Fsp3) is 0.273. The smallest absolute Gasteiger partial charge is 0.491 e. The van der Waals surface area contributed by atoms with Gasteiger partial charge in [-0.15, -0.1) is 13.2 Å². The lowest BCUT2D eigenvalue weighted by molar-refractivity contribution is -0.274. The Morgan fingerprint density at radius 2 is 1.21 bits per heavy atom. The zero-order valence-electron chi connectivity index (χ0n) is 21.9. The summed E-state index contributed by atoms with van der Waals surface area (Å²) in [7, 11) is 0. The Balaban J connectivity index is 1.36. The van der Waals surface area contributed by atoms with Gasteiger partial charge in [-0.2, -0.15) is 0 Å². The number of aryl methyl sites for hydroxylation is 2. The summed E-state index contributed by atoms with van der Waals surface area (Å²) in [6, 6.07) is 32.6. The number of benzene rings is 4. The van der Waals surface area contributed by atoms with Gasteiger partial charge in [0.1, 0.15) is 11.5 Å². The fourth-order valence-electron chi connectivity index (χ4n) is 4.40. The predicted octanol–water partition coefficient (Wildman–Crippen LogP) is 9.09. The maximum Gasteiger partial charge on any atom is 0.573 e. The minimum absolute atomic E-state index is 0.238. The summed E-state index contributed by atoms with van der Waals surface area (Å²) in [5, 5.41) is 3.52. The topological polar surface area (TPSA) is 30.5 Å². The summed E-state index contributed by atoms with van der Waals surface area (Å²) in [6.07, 6.45) is 1.37. The van der Waals surface area contributed by atoms with Crippen LogP contribution in [0.1, 0.15) is 36.8 Å². The summed E-state index contributed by atoms with van der Waals surface area (Å²) in [4.78, 5) is 0. The number of halogens is 3. The molecule has 0 radical (unpaired) electrons. The van der Waals surface area contributed by atoms with Crippen molar-refractivity contribution in [1.29, 1.82) is 0 Å². The van der Waals surface area contributed by atoms with E-state index in [0.717, 1.165) is 67.6 Å². The molecule has 0 aliphatic carbocycles. The van der Waals surface area contributed by atoms with E-state index < -0.39 is 6.36 Å². The molecule has 4 aromatic carbocycles. The van der Waals surface area contributed by atoms with E-state index in [2.05, 4.69) is 58.6 Å². The molecule has 0 heterocycles. The Morgan fingerprint density at radius 1 is 0.615 bits per heavy atom. The molecular formula is C33H34F3NO2. The molecular weight excluding hydrogens is 499 g/mol. The second kappa shape index (κ2) is 14.3. The molecule has 6 heteroatoms. The van der Waals surface area contributed by atoms with Crippen molar-refractivity contribution in [3.63, 3.8) is 0 Å². The zero-order chi connectivity index (χ0) is 27.3. The van der Waals surface area contributed by atoms with Crippen molar-refractivity contribution in [2.75, 3.05) is 18.5 Å². The van der Waals surface area contributed by atoms with Crippen LogP contribution in [0.3, 0.4) is 0 Å². The summed E-state index contributed by atoms with van der Waals surface area (Å²) in [5.41, 5.74) is 5.22. The lowest BCUT2D eigenvalue weighted by Gasteiger charge is -2.16. The standard InChI is InChI=1S/C33H34F3NO2/c34-33(35,36)39-30-20-17-28(18-21-30)29-19-22-32(38-24-10-8-16-27-13-5-2-6-14-27)31(25-29)37-23-9-7-15-26-11-3-1-4-12-26/h1-6,11-14,17-22,25,37H,7-10,15-16,23-24H2. The van der Waals surface area contributed by atoms with Crippen LogP contribution in [0.2, 0.25) is 0 Å². The largest absolute Gasteiger partial charge is 0.573 e. The van der Waals surface area contributed by atoms with E-state index in [0.29, 0.717) is 6.61 Å². The SMILES string of the molecule is FC(F)(F)Oc1ccc(-c2ccc(OCCCCc3ccccc3)c(NCCCCc3ccccc3)c2)cc1. The quantitative estimate of drug-likeness (QED) is 0.164. The normalized spacial score (nSPS) is 11.3. The van der Waals surface area contributed by atoms with Gasteiger partial charge >= 0.3 is 6.36 Å². The van der Waals surface area contributed by atoms with Gasteiger partial charge < -0.3 is 14.8 Å². The van der Waals surface area contributed by atoms with Gasteiger partial charge in [-0.1, -0.05) is 78.9 Å². The van der Waals surface area contributed by atoms with Crippen molar-refractivity contribution in [3.8, 4) is 22.6 Å². The molecule has 0 aromatic heterocycles. The van der Waals surface area contributed by atoms with E-state index in [4.69, 9.17) is 4.74 Å². The lowest BCUT2D eigenvalue weighted by atomic mass is 10.0. The summed E-state index contributed by atoms with van der Waals surface area (Å²) < 4.78 is 47.7. The lowest BCUT2D eigenvalue weighted by Crippen LogP contribution is -2.16. The molecule has 0 saturated heterocycles. The molecule has 4 rings (SSSR count). The van der Waals surface area contributed by atoms with Gasteiger partial charge in [0.15, 0.2) is 0 Å². The second-order valence-corrected chi connectivity index (χ2v) is 9.44. The number of hydrogen-bond acceptors (Lipinski definition) is 3. The average Bonchev–Trinajstić information content (AvgIpc) is 2.94. The van der Waals surface area contributed by atoms with Crippen molar-refractivity contribution < 1.29 is 22.6 Å². The van der Waals surface area contributed by atoms with E-state index in [1.165, 1.54) is 23.3 Å². The maximum absolute atomic E-state index is 12.5. The third kappa shape index (κ3) is 9.71. The molecule has 0 fully saturated rings.